The zero-order chi connectivity index (χ0) is 21.4. The van der Waals surface area contributed by atoms with E-state index in [1.54, 1.807) is 41.5 Å². The Morgan fingerprint density at radius 1 is 1.00 bits per heavy atom. The number of ether oxygens (including phenoxy) is 2. The molecule has 2 amide bonds. The lowest BCUT2D eigenvalue weighted by molar-refractivity contribution is -0.158. The van der Waals surface area contributed by atoms with Crippen molar-refractivity contribution in [3.63, 3.8) is 0 Å². The molecule has 0 rings (SSSR count). The Morgan fingerprint density at radius 2 is 1.52 bits per heavy atom. The average molecular weight is 389 g/mol. The topological polar surface area (TPSA) is 157 Å². The molecule has 0 aromatic rings. The predicted octanol–water partition coefficient (Wildman–Crippen LogP) is 0.530. The van der Waals surface area contributed by atoms with Gasteiger partial charge in [-0.15, -0.1) is 0 Å². The number of alkyl carbamates (subject to hydrolysis) is 1. The zero-order valence-corrected chi connectivity index (χ0v) is 16.8. The van der Waals surface area contributed by atoms with Crippen LogP contribution >= 0.6 is 0 Å². The van der Waals surface area contributed by atoms with E-state index in [1.807, 2.05) is 0 Å². The maximum atomic E-state index is 12.0. The summed E-state index contributed by atoms with van der Waals surface area (Å²) in [5, 5.41) is 13.8. The number of rotatable bonds is 8. The highest BCUT2D eigenvalue weighted by molar-refractivity contribution is 5.89. The van der Waals surface area contributed by atoms with E-state index in [2.05, 4.69) is 10.6 Å². The molecule has 0 aliphatic rings. The van der Waals surface area contributed by atoms with E-state index in [0.29, 0.717) is 0 Å². The van der Waals surface area contributed by atoms with Crippen LogP contribution in [0.15, 0.2) is 0 Å². The van der Waals surface area contributed by atoms with Gasteiger partial charge in [-0.1, -0.05) is 0 Å². The maximum absolute atomic E-state index is 12.0. The van der Waals surface area contributed by atoms with Crippen molar-refractivity contribution >= 4 is 23.9 Å². The van der Waals surface area contributed by atoms with Crippen molar-refractivity contribution in [3.8, 4) is 0 Å². The summed E-state index contributed by atoms with van der Waals surface area (Å²) in [6, 6.07) is -2.53. The molecule has 0 fully saturated rings. The van der Waals surface area contributed by atoms with Gasteiger partial charge in [0.15, 0.2) is 0 Å². The third-order valence-electron chi connectivity index (χ3n) is 2.87. The lowest BCUT2D eigenvalue weighted by Gasteiger charge is -2.22. The van der Waals surface area contributed by atoms with Crippen LogP contribution in [0.3, 0.4) is 0 Å². The van der Waals surface area contributed by atoms with Gasteiger partial charge in [-0.2, -0.15) is 0 Å². The quantitative estimate of drug-likeness (QED) is 0.438. The zero-order valence-electron chi connectivity index (χ0n) is 16.8. The number of carbonyl (C=O) groups is 4. The van der Waals surface area contributed by atoms with Crippen molar-refractivity contribution in [1.29, 1.82) is 0 Å². The third kappa shape index (κ3) is 12.6. The van der Waals surface area contributed by atoms with Gasteiger partial charge >= 0.3 is 18.0 Å². The van der Waals surface area contributed by atoms with Crippen LogP contribution in [0, 0.1) is 0 Å². The number of carbonyl (C=O) groups excluding carboxylic acids is 3. The Morgan fingerprint density at radius 3 is 1.96 bits per heavy atom. The summed E-state index contributed by atoms with van der Waals surface area (Å²) < 4.78 is 10.1. The van der Waals surface area contributed by atoms with Crippen LogP contribution in [0.25, 0.3) is 0 Å². The molecule has 10 heteroatoms. The average Bonchev–Trinajstić information content (AvgIpc) is 2.41. The molecular weight excluding hydrogens is 358 g/mol. The minimum Gasteiger partial charge on any atom is -0.480 e. The Kier molecular flexibility index (Phi) is 9.22. The molecule has 0 saturated heterocycles. The van der Waals surface area contributed by atoms with Crippen molar-refractivity contribution in [3.05, 3.63) is 0 Å². The van der Waals surface area contributed by atoms with E-state index in [4.69, 9.17) is 15.2 Å². The van der Waals surface area contributed by atoms with E-state index in [0.717, 1.165) is 0 Å². The first kappa shape index (κ1) is 24.6. The lowest BCUT2D eigenvalue weighted by Crippen LogP contribution is -2.50. The number of carboxylic acids is 1. The molecule has 0 saturated carbocycles. The molecule has 5 N–H and O–H groups in total. The Balaban J connectivity index is 4.49. The summed E-state index contributed by atoms with van der Waals surface area (Å²) in [6.07, 6.45) is -1.12. The minimum absolute atomic E-state index is 0.0594. The van der Waals surface area contributed by atoms with Crippen molar-refractivity contribution in [1.82, 2.24) is 10.6 Å². The van der Waals surface area contributed by atoms with Gasteiger partial charge < -0.3 is 30.9 Å². The summed E-state index contributed by atoms with van der Waals surface area (Å²) >= 11 is 0. The van der Waals surface area contributed by atoms with Crippen LogP contribution in [0.2, 0.25) is 0 Å². The molecular formula is C17H31N3O7. The molecule has 0 bridgehead atoms. The molecule has 0 spiro atoms. The van der Waals surface area contributed by atoms with E-state index in [1.165, 1.54) is 0 Å². The van der Waals surface area contributed by atoms with Crippen molar-refractivity contribution in [2.75, 3.05) is 6.54 Å². The summed E-state index contributed by atoms with van der Waals surface area (Å²) in [5.41, 5.74) is 4.28. The summed E-state index contributed by atoms with van der Waals surface area (Å²) in [4.78, 5) is 46.6. The van der Waals surface area contributed by atoms with E-state index in [9.17, 15) is 24.3 Å². The Bertz CT molecular complexity index is 550. The van der Waals surface area contributed by atoms with E-state index >= 15 is 0 Å². The van der Waals surface area contributed by atoms with Crippen LogP contribution in [0.5, 0.6) is 0 Å². The maximum Gasteiger partial charge on any atom is 0.407 e. The fourth-order valence-corrected chi connectivity index (χ4v) is 1.80. The van der Waals surface area contributed by atoms with Crippen LogP contribution in [0.4, 0.5) is 4.79 Å². The third-order valence-corrected chi connectivity index (χ3v) is 2.87. The molecule has 10 nitrogen and oxygen atoms in total. The SMILES string of the molecule is CC(C)(C)OC(=O)C[C@H](NC(=O)[C@@H](N)CCNC(=O)OC(C)(C)C)C(=O)O. The Labute approximate surface area is 159 Å². The number of carboxylic acid groups (broad SMARTS) is 1. The number of aliphatic carboxylic acids is 1. The highest BCUT2D eigenvalue weighted by Gasteiger charge is 2.28. The molecule has 0 aromatic heterocycles. The van der Waals surface area contributed by atoms with Crippen LogP contribution in [-0.2, 0) is 23.9 Å². The molecule has 0 radical (unpaired) electrons. The van der Waals surface area contributed by atoms with Gasteiger partial charge in [-0.3, -0.25) is 9.59 Å². The van der Waals surface area contributed by atoms with Crippen LogP contribution < -0.4 is 16.4 Å². The van der Waals surface area contributed by atoms with Gasteiger partial charge in [-0.05, 0) is 48.0 Å². The summed E-state index contributed by atoms with van der Waals surface area (Å²) in [5.74, 6) is -2.89. The number of hydrogen-bond acceptors (Lipinski definition) is 7. The number of nitrogens with one attached hydrogen (secondary N) is 2. The highest BCUT2D eigenvalue weighted by atomic mass is 16.6. The smallest absolute Gasteiger partial charge is 0.407 e. The predicted molar refractivity (Wildman–Crippen MR) is 96.9 cm³/mol. The molecule has 0 aliphatic heterocycles. The molecule has 0 unspecified atom stereocenters. The van der Waals surface area contributed by atoms with Crippen molar-refractivity contribution < 1.29 is 33.8 Å². The van der Waals surface area contributed by atoms with E-state index < -0.39 is 53.6 Å². The summed E-state index contributed by atoms with van der Waals surface area (Å²) in [6.45, 7) is 10.1. The Hall–Kier alpha value is -2.36. The molecule has 27 heavy (non-hydrogen) atoms. The molecule has 0 aromatic carbocycles. The highest BCUT2D eigenvalue weighted by Crippen LogP contribution is 2.10. The monoisotopic (exact) mass is 389 g/mol. The molecule has 2 atom stereocenters. The minimum atomic E-state index is -1.46. The van der Waals surface area contributed by atoms with Gasteiger partial charge in [-0.25, -0.2) is 9.59 Å². The molecule has 0 heterocycles. The second-order valence-corrected chi connectivity index (χ2v) is 8.01. The van der Waals surface area contributed by atoms with Gasteiger partial charge in [0, 0.05) is 6.54 Å². The standard InChI is InChI=1S/C17H31N3O7/c1-16(2,3)26-12(21)9-11(14(23)24)20-13(22)10(18)7-8-19-15(25)27-17(4,5)6/h10-11H,7-9,18H2,1-6H3,(H,19,25)(H,20,22)(H,23,24)/t10-,11-/m0/s1. The van der Waals surface area contributed by atoms with Crippen LogP contribution in [-0.4, -0.2) is 58.9 Å². The van der Waals surface area contributed by atoms with Gasteiger partial charge in [0.2, 0.25) is 5.91 Å². The largest absolute Gasteiger partial charge is 0.480 e. The van der Waals surface area contributed by atoms with E-state index in [-0.39, 0.29) is 13.0 Å². The van der Waals surface area contributed by atoms with Gasteiger partial charge in [0.1, 0.15) is 17.2 Å². The lowest BCUT2D eigenvalue weighted by atomic mass is 10.1. The fourth-order valence-electron chi connectivity index (χ4n) is 1.80. The number of amides is 2. The molecule has 0 aliphatic carbocycles. The second kappa shape index (κ2) is 10.1. The number of esters is 1. The second-order valence-electron chi connectivity index (χ2n) is 8.01. The first-order valence-electron chi connectivity index (χ1n) is 8.58. The normalized spacial score (nSPS) is 13.9. The van der Waals surface area contributed by atoms with Gasteiger partial charge in [0.05, 0.1) is 12.5 Å². The number of nitrogens with two attached hydrogens (primary N) is 1. The van der Waals surface area contributed by atoms with Crippen LogP contribution in [0.1, 0.15) is 54.4 Å². The fraction of sp³-hybridized carbons (Fsp3) is 0.765. The molecule has 156 valence electrons. The first-order chi connectivity index (χ1) is 12.1. The van der Waals surface area contributed by atoms with Gasteiger partial charge in [0.25, 0.3) is 0 Å². The number of hydrogen-bond donors (Lipinski definition) is 4. The van der Waals surface area contributed by atoms with Crippen molar-refractivity contribution in [2.24, 2.45) is 5.73 Å². The first-order valence-corrected chi connectivity index (χ1v) is 8.58. The van der Waals surface area contributed by atoms with Crippen molar-refractivity contribution in [2.45, 2.75) is 77.7 Å². The summed E-state index contributed by atoms with van der Waals surface area (Å²) in [7, 11) is 0.